The van der Waals surface area contributed by atoms with E-state index in [0.29, 0.717) is 19.5 Å². The number of guanidine groups is 1. The van der Waals surface area contributed by atoms with Gasteiger partial charge in [0.1, 0.15) is 9.84 Å². The molecular weight excluding hydrogens is 407 g/mol. The highest BCUT2D eigenvalue weighted by Crippen LogP contribution is 2.21. The summed E-state index contributed by atoms with van der Waals surface area (Å²) in [6.45, 7) is 8.82. The van der Waals surface area contributed by atoms with Crippen LogP contribution >= 0.6 is 0 Å². The van der Waals surface area contributed by atoms with E-state index >= 15 is 0 Å². The molecule has 1 fully saturated rings. The topological polar surface area (TPSA) is 74.2 Å². The fourth-order valence-electron chi connectivity index (χ4n) is 3.38. The van der Waals surface area contributed by atoms with Gasteiger partial charge in [-0.1, -0.05) is 19.9 Å². The standard InChI is InChI=1S/C21H35FN4O3S/c1-21(2,8-13-30(5,27)28)16-24-20(23-3)26-11-9-25(10-12-26)15-17-6-7-19(29-4)18(22)14-17/h6-7,14H,8-13,15-16H2,1-5H3,(H,23,24). The van der Waals surface area contributed by atoms with Gasteiger partial charge in [0.25, 0.3) is 0 Å². The van der Waals surface area contributed by atoms with Crippen LogP contribution in [0.2, 0.25) is 0 Å². The summed E-state index contributed by atoms with van der Waals surface area (Å²) < 4.78 is 41.8. The average Bonchev–Trinajstić information content (AvgIpc) is 2.68. The Kier molecular flexibility index (Phi) is 8.49. The maximum atomic E-state index is 13.9. The molecule has 2 rings (SSSR count). The van der Waals surface area contributed by atoms with E-state index in [2.05, 4.69) is 34.0 Å². The Bertz CT molecular complexity index is 835. The van der Waals surface area contributed by atoms with Crippen LogP contribution in [-0.4, -0.2) is 83.1 Å². The molecule has 0 aliphatic carbocycles. The smallest absolute Gasteiger partial charge is 0.193 e. The molecule has 1 aromatic carbocycles. The third-order valence-corrected chi connectivity index (χ3v) is 6.33. The first-order chi connectivity index (χ1) is 14.0. The molecule has 1 heterocycles. The van der Waals surface area contributed by atoms with Crippen LogP contribution in [-0.2, 0) is 16.4 Å². The summed E-state index contributed by atoms with van der Waals surface area (Å²) in [6.07, 6.45) is 1.87. The minimum absolute atomic E-state index is 0.153. The SMILES string of the molecule is CN=C(NCC(C)(C)CCS(C)(=O)=O)N1CCN(Cc2ccc(OC)c(F)c2)CC1. The van der Waals surface area contributed by atoms with Gasteiger partial charge in [0.05, 0.1) is 12.9 Å². The highest BCUT2D eigenvalue weighted by molar-refractivity contribution is 7.90. The van der Waals surface area contributed by atoms with Crippen LogP contribution < -0.4 is 10.1 Å². The maximum Gasteiger partial charge on any atom is 0.193 e. The molecule has 0 bridgehead atoms. The summed E-state index contributed by atoms with van der Waals surface area (Å²) >= 11 is 0. The van der Waals surface area contributed by atoms with Crippen molar-refractivity contribution in [3.63, 3.8) is 0 Å². The first-order valence-electron chi connectivity index (χ1n) is 10.2. The number of halogens is 1. The van der Waals surface area contributed by atoms with Gasteiger partial charge in [-0.05, 0) is 29.5 Å². The zero-order valence-corrected chi connectivity index (χ0v) is 19.6. The van der Waals surface area contributed by atoms with Crippen LogP contribution in [0.4, 0.5) is 4.39 Å². The summed E-state index contributed by atoms with van der Waals surface area (Å²) in [4.78, 5) is 8.89. The first-order valence-corrected chi connectivity index (χ1v) is 12.3. The number of sulfone groups is 1. The molecular formula is C21H35FN4O3S. The average molecular weight is 443 g/mol. The molecule has 1 N–H and O–H groups in total. The van der Waals surface area contributed by atoms with E-state index in [1.807, 2.05) is 6.07 Å². The summed E-state index contributed by atoms with van der Waals surface area (Å²) in [5.74, 6) is 0.942. The summed E-state index contributed by atoms with van der Waals surface area (Å²) in [5, 5.41) is 3.40. The third kappa shape index (κ3) is 7.75. The Hall–Kier alpha value is -1.87. The van der Waals surface area contributed by atoms with Gasteiger partial charge in [-0.25, -0.2) is 12.8 Å². The van der Waals surface area contributed by atoms with Crippen LogP contribution in [0.15, 0.2) is 23.2 Å². The fraction of sp³-hybridized carbons (Fsp3) is 0.667. The van der Waals surface area contributed by atoms with Gasteiger partial charge in [0.2, 0.25) is 0 Å². The fourth-order valence-corrected chi connectivity index (χ4v) is 4.31. The predicted molar refractivity (Wildman–Crippen MR) is 119 cm³/mol. The van der Waals surface area contributed by atoms with Gasteiger partial charge in [-0.3, -0.25) is 9.89 Å². The lowest BCUT2D eigenvalue weighted by Crippen LogP contribution is -2.53. The summed E-state index contributed by atoms with van der Waals surface area (Å²) in [5.41, 5.74) is 0.774. The van der Waals surface area contributed by atoms with Crippen LogP contribution in [0.1, 0.15) is 25.8 Å². The Balaban J connectivity index is 1.83. The highest BCUT2D eigenvalue weighted by atomic mass is 32.2. The number of methoxy groups -OCH3 is 1. The molecule has 0 unspecified atom stereocenters. The molecule has 1 aromatic rings. The molecule has 7 nitrogen and oxygen atoms in total. The molecule has 170 valence electrons. The van der Waals surface area contributed by atoms with Crippen LogP contribution in [0, 0.1) is 11.2 Å². The number of benzene rings is 1. The molecule has 1 aliphatic rings. The van der Waals surface area contributed by atoms with Crippen molar-refractivity contribution >= 4 is 15.8 Å². The van der Waals surface area contributed by atoms with Crippen molar-refractivity contribution in [2.45, 2.75) is 26.8 Å². The second-order valence-electron chi connectivity index (χ2n) is 8.68. The van der Waals surface area contributed by atoms with Crippen molar-refractivity contribution in [1.29, 1.82) is 0 Å². The third-order valence-electron chi connectivity index (χ3n) is 5.38. The zero-order valence-electron chi connectivity index (χ0n) is 18.7. The van der Waals surface area contributed by atoms with Crippen molar-refractivity contribution in [3.8, 4) is 5.75 Å². The van der Waals surface area contributed by atoms with Gasteiger partial charge in [0, 0.05) is 52.6 Å². The van der Waals surface area contributed by atoms with Crippen molar-refractivity contribution in [2.75, 3.05) is 58.9 Å². The maximum absolute atomic E-state index is 13.9. The normalized spacial score (nSPS) is 16.6. The molecule has 1 saturated heterocycles. The summed E-state index contributed by atoms with van der Waals surface area (Å²) in [7, 11) is 0.261. The van der Waals surface area contributed by atoms with Gasteiger partial charge in [-0.2, -0.15) is 0 Å². The van der Waals surface area contributed by atoms with Crippen LogP contribution in [0.5, 0.6) is 5.75 Å². The second-order valence-corrected chi connectivity index (χ2v) is 10.9. The van der Waals surface area contributed by atoms with E-state index in [1.165, 1.54) is 19.4 Å². The second kappa shape index (κ2) is 10.4. The predicted octanol–water partition coefficient (Wildman–Crippen LogP) is 1.99. The number of aliphatic imine (C=N–C) groups is 1. The number of piperazine rings is 1. The van der Waals surface area contributed by atoms with E-state index < -0.39 is 9.84 Å². The molecule has 0 atom stereocenters. The van der Waals surface area contributed by atoms with Crippen molar-refractivity contribution < 1.29 is 17.5 Å². The first kappa shape index (κ1) is 24.4. The molecule has 0 saturated carbocycles. The number of nitrogens with zero attached hydrogens (tertiary/aromatic N) is 3. The molecule has 0 radical (unpaired) electrons. The summed E-state index contributed by atoms with van der Waals surface area (Å²) in [6, 6.07) is 5.09. The van der Waals surface area contributed by atoms with E-state index in [1.54, 1.807) is 13.1 Å². The van der Waals surface area contributed by atoms with E-state index in [9.17, 15) is 12.8 Å². The van der Waals surface area contributed by atoms with Crippen molar-refractivity contribution in [2.24, 2.45) is 10.4 Å². The quantitative estimate of drug-likeness (QED) is 0.490. The van der Waals surface area contributed by atoms with Gasteiger partial charge >= 0.3 is 0 Å². The highest BCUT2D eigenvalue weighted by Gasteiger charge is 2.24. The Morgan fingerprint density at radius 2 is 1.93 bits per heavy atom. The van der Waals surface area contributed by atoms with E-state index in [0.717, 1.165) is 37.7 Å². The number of hydrogen-bond acceptors (Lipinski definition) is 5. The lowest BCUT2D eigenvalue weighted by Gasteiger charge is -2.37. The Morgan fingerprint density at radius 3 is 2.47 bits per heavy atom. The number of nitrogens with one attached hydrogen (secondary N) is 1. The van der Waals surface area contributed by atoms with Crippen molar-refractivity contribution in [1.82, 2.24) is 15.1 Å². The Morgan fingerprint density at radius 1 is 1.27 bits per heavy atom. The molecule has 0 amide bonds. The molecule has 1 aliphatic heterocycles. The lowest BCUT2D eigenvalue weighted by molar-refractivity contribution is 0.171. The van der Waals surface area contributed by atoms with Gasteiger partial charge in [0.15, 0.2) is 17.5 Å². The minimum Gasteiger partial charge on any atom is -0.494 e. The largest absolute Gasteiger partial charge is 0.494 e. The molecule has 0 aromatic heterocycles. The van der Waals surface area contributed by atoms with E-state index in [-0.39, 0.29) is 22.7 Å². The Labute approximate surface area is 180 Å². The zero-order chi connectivity index (χ0) is 22.4. The molecule has 9 heteroatoms. The number of rotatable bonds is 8. The van der Waals surface area contributed by atoms with Crippen molar-refractivity contribution in [3.05, 3.63) is 29.6 Å². The number of hydrogen-bond donors (Lipinski definition) is 1. The molecule has 30 heavy (non-hydrogen) atoms. The lowest BCUT2D eigenvalue weighted by atomic mass is 9.90. The minimum atomic E-state index is -2.97. The van der Waals surface area contributed by atoms with Gasteiger partial charge < -0.3 is 15.0 Å². The van der Waals surface area contributed by atoms with Gasteiger partial charge in [-0.15, -0.1) is 0 Å². The molecule has 0 spiro atoms. The van der Waals surface area contributed by atoms with Crippen LogP contribution in [0.3, 0.4) is 0 Å². The number of ether oxygens (including phenoxy) is 1. The van der Waals surface area contributed by atoms with Crippen LogP contribution in [0.25, 0.3) is 0 Å². The van der Waals surface area contributed by atoms with E-state index in [4.69, 9.17) is 4.74 Å². The monoisotopic (exact) mass is 442 g/mol.